The van der Waals surface area contributed by atoms with Crippen LogP contribution in [0.5, 0.6) is 0 Å². The quantitative estimate of drug-likeness (QED) is 0.563. The van der Waals surface area contributed by atoms with E-state index >= 15 is 0 Å². The third-order valence-corrected chi connectivity index (χ3v) is 3.05. The molecule has 0 bridgehead atoms. The van der Waals surface area contributed by atoms with Crippen molar-refractivity contribution in [1.29, 1.82) is 0 Å². The molecule has 1 heterocycles. The third-order valence-electron chi connectivity index (χ3n) is 2.30. The van der Waals surface area contributed by atoms with E-state index in [0.717, 1.165) is 6.54 Å². The van der Waals surface area contributed by atoms with Crippen LogP contribution in [0, 0.1) is 0 Å². The Kier molecular flexibility index (Phi) is 3.41. The van der Waals surface area contributed by atoms with E-state index in [-0.39, 0.29) is 0 Å². The molecule has 0 amide bonds. The van der Waals surface area contributed by atoms with E-state index in [1.807, 2.05) is 6.07 Å². The molecule has 0 aliphatic heterocycles. The highest BCUT2D eigenvalue weighted by Gasteiger charge is 2.01. The summed E-state index contributed by atoms with van der Waals surface area (Å²) in [5.74, 6) is 0. The van der Waals surface area contributed by atoms with E-state index in [2.05, 4.69) is 59.6 Å². The minimum atomic E-state index is 0.940. The number of nitrogens with zero attached hydrogens (tertiary/aromatic N) is 1. The van der Waals surface area contributed by atoms with Crippen LogP contribution in [-0.2, 0) is 6.54 Å². The molecule has 76 valence electrons. The SMILES string of the molecule is CSc1cc[n+](Cc2ccccc2)cc1. The van der Waals surface area contributed by atoms with Gasteiger partial charge in [-0.25, -0.2) is 4.57 Å². The van der Waals surface area contributed by atoms with Gasteiger partial charge in [0.2, 0.25) is 0 Å². The topological polar surface area (TPSA) is 3.88 Å². The second-order valence-corrected chi connectivity index (χ2v) is 4.28. The van der Waals surface area contributed by atoms with Crippen molar-refractivity contribution in [3.8, 4) is 0 Å². The molecule has 15 heavy (non-hydrogen) atoms. The fourth-order valence-corrected chi connectivity index (χ4v) is 1.87. The van der Waals surface area contributed by atoms with Crippen LogP contribution in [0.4, 0.5) is 0 Å². The summed E-state index contributed by atoms with van der Waals surface area (Å²) < 4.78 is 2.19. The average Bonchev–Trinajstić information content (AvgIpc) is 2.31. The molecule has 1 aromatic heterocycles. The van der Waals surface area contributed by atoms with Gasteiger partial charge in [0, 0.05) is 22.6 Å². The Labute approximate surface area is 94.8 Å². The van der Waals surface area contributed by atoms with Crippen molar-refractivity contribution in [1.82, 2.24) is 0 Å². The van der Waals surface area contributed by atoms with Crippen LogP contribution in [0.1, 0.15) is 5.56 Å². The second-order valence-electron chi connectivity index (χ2n) is 3.40. The summed E-state index contributed by atoms with van der Waals surface area (Å²) >= 11 is 1.77. The summed E-state index contributed by atoms with van der Waals surface area (Å²) in [5.41, 5.74) is 1.33. The molecule has 0 aliphatic rings. The third kappa shape index (κ3) is 2.83. The van der Waals surface area contributed by atoms with Gasteiger partial charge in [-0.05, 0) is 6.26 Å². The Morgan fingerprint density at radius 2 is 1.67 bits per heavy atom. The zero-order valence-corrected chi connectivity index (χ0v) is 9.58. The molecule has 1 nitrogen and oxygen atoms in total. The van der Waals surface area contributed by atoms with E-state index in [1.54, 1.807) is 11.8 Å². The summed E-state index contributed by atoms with van der Waals surface area (Å²) in [4.78, 5) is 1.30. The van der Waals surface area contributed by atoms with Crippen molar-refractivity contribution in [2.45, 2.75) is 11.4 Å². The smallest absolute Gasteiger partial charge is 0.173 e. The maximum Gasteiger partial charge on any atom is 0.173 e. The average molecular weight is 216 g/mol. The molecule has 0 spiro atoms. The van der Waals surface area contributed by atoms with Crippen molar-refractivity contribution < 1.29 is 4.57 Å². The number of pyridine rings is 1. The molecule has 0 atom stereocenters. The normalized spacial score (nSPS) is 10.2. The lowest BCUT2D eigenvalue weighted by molar-refractivity contribution is -0.688. The first-order chi connectivity index (χ1) is 7.38. The molecule has 0 saturated carbocycles. The molecule has 0 fully saturated rings. The van der Waals surface area contributed by atoms with Gasteiger partial charge in [-0.1, -0.05) is 30.3 Å². The van der Waals surface area contributed by atoms with Gasteiger partial charge in [0.25, 0.3) is 0 Å². The molecule has 2 heteroatoms. The van der Waals surface area contributed by atoms with Gasteiger partial charge < -0.3 is 0 Å². The maximum absolute atomic E-state index is 2.19. The predicted molar refractivity (Wildman–Crippen MR) is 64.0 cm³/mol. The second kappa shape index (κ2) is 4.99. The zero-order chi connectivity index (χ0) is 10.5. The lowest BCUT2D eigenvalue weighted by Gasteiger charge is -1.98. The molecule has 0 radical (unpaired) electrons. The summed E-state index contributed by atoms with van der Waals surface area (Å²) in [6.45, 7) is 0.940. The predicted octanol–water partition coefficient (Wildman–Crippen LogP) is 2.74. The van der Waals surface area contributed by atoms with E-state index in [4.69, 9.17) is 0 Å². The van der Waals surface area contributed by atoms with Crippen LogP contribution in [0.3, 0.4) is 0 Å². The van der Waals surface area contributed by atoms with Gasteiger partial charge in [0.05, 0.1) is 0 Å². The van der Waals surface area contributed by atoms with Crippen LogP contribution >= 0.6 is 11.8 Å². The summed E-state index contributed by atoms with van der Waals surface area (Å²) in [5, 5.41) is 0. The highest BCUT2D eigenvalue weighted by Crippen LogP contribution is 2.10. The monoisotopic (exact) mass is 216 g/mol. The van der Waals surface area contributed by atoms with Crippen LogP contribution in [0.2, 0.25) is 0 Å². The number of hydrogen-bond donors (Lipinski definition) is 0. The molecular weight excluding hydrogens is 202 g/mol. The zero-order valence-electron chi connectivity index (χ0n) is 8.76. The van der Waals surface area contributed by atoms with Gasteiger partial charge >= 0.3 is 0 Å². The largest absolute Gasteiger partial charge is 0.201 e. The van der Waals surface area contributed by atoms with Crippen LogP contribution in [0.15, 0.2) is 59.8 Å². The first kappa shape index (κ1) is 10.2. The summed E-state index contributed by atoms with van der Waals surface area (Å²) in [7, 11) is 0. The number of thioether (sulfide) groups is 1. The van der Waals surface area contributed by atoms with E-state index in [1.165, 1.54) is 10.5 Å². The van der Waals surface area contributed by atoms with Crippen molar-refractivity contribution in [3.05, 3.63) is 60.4 Å². The number of benzene rings is 1. The van der Waals surface area contributed by atoms with Gasteiger partial charge in [0.1, 0.15) is 0 Å². The van der Waals surface area contributed by atoms with E-state index in [9.17, 15) is 0 Å². The highest BCUT2D eigenvalue weighted by molar-refractivity contribution is 7.98. The van der Waals surface area contributed by atoms with Crippen molar-refractivity contribution >= 4 is 11.8 Å². The Hall–Kier alpha value is -1.28. The van der Waals surface area contributed by atoms with E-state index < -0.39 is 0 Å². The molecule has 2 aromatic rings. The van der Waals surface area contributed by atoms with Gasteiger partial charge in [-0.15, -0.1) is 11.8 Å². The highest BCUT2D eigenvalue weighted by atomic mass is 32.2. The molecule has 0 unspecified atom stereocenters. The Morgan fingerprint density at radius 1 is 1.00 bits per heavy atom. The first-order valence-corrected chi connectivity index (χ1v) is 6.18. The molecular formula is C13H14NS+. The summed E-state index contributed by atoms with van der Waals surface area (Å²) in [6, 6.07) is 14.8. The molecule has 1 aromatic carbocycles. The number of hydrogen-bond acceptors (Lipinski definition) is 1. The standard InChI is InChI=1S/C13H14NS/c1-15-13-7-9-14(10-8-13)11-12-5-3-2-4-6-12/h2-10H,11H2,1H3/q+1. The fourth-order valence-electron chi connectivity index (χ4n) is 1.48. The molecule has 2 rings (SSSR count). The Bertz CT molecular complexity index is 408. The minimum absolute atomic E-state index is 0.940. The fraction of sp³-hybridized carbons (Fsp3) is 0.154. The lowest BCUT2D eigenvalue weighted by Crippen LogP contribution is -2.32. The summed E-state index contributed by atoms with van der Waals surface area (Å²) in [6.07, 6.45) is 6.34. The molecule has 0 N–H and O–H groups in total. The van der Waals surface area contributed by atoms with Crippen LogP contribution < -0.4 is 4.57 Å². The van der Waals surface area contributed by atoms with E-state index in [0.29, 0.717) is 0 Å². The van der Waals surface area contributed by atoms with Crippen LogP contribution in [0.25, 0.3) is 0 Å². The minimum Gasteiger partial charge on any atom is -0.201 e. The lowest BCUT2D eigenvalue weighted by atomic mass is 10.2. The van der Waals surface area contributed by atoms with Crippen molar-refractivity contribution in [3.63, 3.8) is 0 Å². The van der Waals surface area contributed by atoms with Gasteiger partial charge in [0.15, 0.2) is 18.9 Å². The van der Waals surface area contributed by atoms with Gasteiger partial charge in [-0.3, -0.25) is 0 Å². The van der Waals surface area contributed by atoms with Gasteiger partial charge in [-0.2, -0.15) is 0 Å². The number of aromatic nitrogens is 1. The molecule has 0 aliphatic carbocycles. The van der Waals surface area contributed by atoms with Crippen LogP contribution in [-0.4, -0.2) is 6.26 Å². The Morgan fingerprint density at radius 3 is 2.27 bits per heavy atom. The van der Waals surface area contributed by atoms with Crippen molar-refractivity contribution in [2.75, 3.05) is 6.26 Å². The number of rotatable bonds is 3. The molecule has 0 saturated heterocycles. The maximum atomic E-state index is 2.19. The first-order valence-electron chi connectivity index (χ1n) is 4.95. The Balaban J connectivity index is 2.11. The van der Waals surface area contributed by atoms with Crippen molar-refractivity contribution in [2.24, 2.45) is 0 Å².